The zero-order chi connectivity index (χ0) is 25.4. The largest absolute Gasteiger partial charge is 0.384 e. The van der Waals surface area contributed by atoms with Crippen LogP contribution in [0.2, 0.25) is 0 Å². The van der Waals surface area contributed by atoms with Crippen LogP contribution in [0.15, 0.2) is 39.7 Å². The van der Waals surface area contributed by atoms with E-state index in [4.69, 9.17) is 11.6 Å². The van der Waals surface area contributed by atoms with Crippen molar-refractivity contribution in [3.05, 3.63) is 58.3 Å². The molecule has 2 amide bonds. The van der Waals surface area contributed by atoms with E-state index in [2.05, 4.69) is 26.8 Å². The zero-order valence-corrected chi connectivity index (χ0v) is 21.1. The molecule has 1 heterocycles. The minimum absolute atomic E-state index is 0.109. The molecule has 0 spiro atoms. The second kappa shape index (κ2) is 9.46. The predicted molar refractivity (Wildman–Crippen MR) is 138 cm³/mol. The maximum absolute atomic E-state index is 13.4. The molecule has 1 aromatic carbocycles. The van der Waals surface area contributed by atoms with Gasteiger partial charge in [-0.15, -0.1) is 10.8 Å². The van der Waals surface area contributed by atoms with Gasteiger partial charge in [0.25, 0.3) is 0 Å². The van der Waals surface area contributed by atoms with Gasteiger partial charge < -0.3 is 10.4 Å². The van der Waals surface area contributed by atoms with Crippen molar-refractivity contribution in [3.63, 3.8) is 0 Å². The van der Waals surface area contributed by atoms with Crippen LogP contribution < -0.4 is 10.5 Å². The number of aryl methyl sites for hydroxylation is 2. The first-order valence-electron chi connectivity index (χ1n) is 11.7. The van der Waals surface area contributed by atoms with Crippen molar-refractivity contribution in [3.8, 4) is 12.3 Å². The molecule has 0 bridgehead atoms. The molecule has 9 heteroatoms. The summed E-state index contributed by atoms with van der Waals surface area (Å²) in [5, 5.41) is 23.9. The summed E-state index contributed by atoms with van der Waals surface area (Å²) in [6.07, 6.45) is 16.0. The Morgan fingerprint density at radius 3 is 2.43 bits per heavy atom. The minimum atomic E-state index is -3.70. The second-order valence-electron chi connectivity index (χ2n) is 9.38. The fraction of sp³-hybridized carbons (Fsp3) is 0.385. The maximum Gasteiger partial charge on any atom is 0.354 e. The number of fused-ring (bicyclic) bond motifs is 2. The van der Waals surface area contributed by atoms with Crippen molar-refractivity contribution in [1.29, 1.82) is 0 Å². The van der Waals surface area contributed by atoms with Crippen LogP contribution in [0.4, 0.5) is 10.5 Å². The number of nitrogens with one attached hydrogen (secondary N) is 1. The third kappa shape index (κ3) is 4.96. The molecule has 0 saturated heterocycles. The topological polar surface area (TPSA) is 123 Å². The van der Waals surface area contributed by atoms with Crippen LogP contribution in [0.25, 0.3) is 5.70 Å². The van der Waals surface area contributed by atoms with E-state index in [1.165, 1.54) is 28.0 Å². The van der Waals surface area contributed by atoms with Gasteiger partial charge in [0.1, 0.15) is 5.60 Å². The second-order valence-corrected chi connectivity index (χ2v) is 11.1. The Morgan fingerprint density at radius 2 is 1.89 bits per heavy atom. The van der Waals surface area contributed by atoms with Crippen LogP contribution in [0.5, 0.6) is 0 Å². The lowest BCUT2D eigenvalue weighted by molar-refractivity contribution is 0.0714. The molecular weight excluding hydrogens is 462 g/mol. The van der Waals surface area contributed by atoms with Crippen LogP contribution in [0, 0.1) is 12.3 Å². The predicted octanol–water partition coefficient (Wildman–Crippen LogP) is 4.07. The summed E-state index contributed by atoms with van der Waals surface area (Å²) in [6, 6.07) is 2.90. The van der Waals surface area contributed by atoms with Gasteiger partial charge in [0.2, 0.25) is 0 Å². The molecule has 0 saturated carbocycles. The van der Waals surface area contributed by atoms with Crippen molar-refractivity contribution >= 4 is 27.3 Å². The molecule has 35 heavy (non-hydrogen) atoms. The Morgan fingerprint density at radius 1 is 1.26 bits per heavy atom. The number of benzene rings is 1. The highest BCUT2D eigenvalue weighted by atomic mass is 32.2. The number of carbonyl (C=O) groups is 1. The van der Waals surface area contributed by atoms with Gasteiger partial charge in [-0.25, -0.2) is 18.8 Å². The van der Waals surface area contributed by atoms with Gasteiger partial charge in [-0.1, -0.05) is 18.1 Å². The summed E-state index contributed by atoms with van der Waals surface area (Å²) >= 11 is 0. The molecule has 1 unspecified atom stereocenters. The Hall–Kier alpha value is -3.19. The summed E-state index contributed by atoms with van der Waals surface area (Å²) in [4.78, 5) is 13.0. The number of aromatic nitrogens is 2. The van der Waals surface area contributed by atoms with E-state index in [9.17, 15) is 14.1 Å². The van der Waals surface area contributed by atoms with E-state index >= 15 is 0 Å². The standard InChI is InChI=1S/C26H31N5O3S/c1-5-7-12-19(6-2)31-22(26(3,4)33)16-23(29-31)35(27,34)30-25(32)28-24-20-13-8-10-17(20)15-18-11-9-14-21(18)24/h1,6-7,12,15-16,33H,8-11,13-14H2,2-4H3,(H3,27,28,30,32,34)/b12-7-,19-6+. The Balaban J connectivity index is 1.72. The molecule has 4 N–H and O–H groups in total. The average Bonchev–Trinajstić information content (AvgIpc) is 3.52. The van der Waals surface area contributed by atoms with Gasteiger partial charge in [0.05, 0.1) is 11.4 Å². The van der Waals surface area contributed by atoms with E-state index in [0.717, 1.165) is 55.3 Å². The Bertz CT molecular complexity index is 1380. The molecule has 2 aliphatic carbocycles. The van der Waals surface area contributed by atoms with Gasteiger partial charge in [-0.2, -0.15) is 5.10 Å². The molecule has 184 valence electrons. The monoisotopic (exact) mass is 493 g/mol. The summed E-state index contributed by atoms with van der Waals surface area (Å²) in [6.45, 7) is 4.92. The van der Waals surface area contributed by atoms with E-state index in [1.54, 1.807) is 32.9 Å². The van der Waals surface area contributed by atoms with Gasteiger partial charge in [0.15, 0.2) is 14.9 Å². The van der Waals surface area contributed by atoms with E-state index < -0.39 is 21.5 Å². The SMILES string of the molecule is C#C/C=C\C(=C/C)n1nc(S(N)(=O)=NC(=O)Nc2c3c(cc4c2CCC4)CCC3)cc1C(C)(C)O. The van der Waals surface area contributed by atoms with Crippen molar-refractivity contribution < 1.29 is 14.1 Å². The number of nitrogens with two attached hydrogens (primary N) is 1. The Kier molecular flexibility index (Phi) is 6.73. The number of allylic oxidation sites excluding steroid dienone is 4. The molecule has 2 aliphatic rings. The number of hydrogen-bond acceptors (Lipinski definition) is 4. The van der Waals surface area contributed by atoms with Gasteiger partial charge in [-0.3, -0.25) is 0 Å². The lowest BCUT2D eigenvalue weighted by atomic mass is 9.99. The van der Waals surface area contributed by atoms with Gasteiger partial charge >= 0.3 is 6.03 Å². The molecular formula is C26H31N5O3S. The molecule has 1 atom stereocenters. The van der Waals surface area contributed by atoms with E-state index in [-0.39, 0.29) is 5.03 Å². The first-order valence-corrected chi connectivity index (χ1v) is 13.3. The fourth-order valence-electron chi connectivity index (χ4n) is 4.82. The number of aliphatic hydroxyl groups is 1. The number of terminal acetylenes is 1. The normalized spacial score (nSPS) is 17.1. The molecule has 4 rings (SSSR count). The first kappa shape index (κ1) is 24.9. The number of anilines is 1. The highest BCUT2D eigenvalue weighted by Crippen LogP contribution is 2.38. The highest BCUT2D eigenvalue weighted by molar-refractivity contribution is 7.91. The van der Waals surface area contributed by atoms with Crippen LogP contribution >= 0.6 is 0 Å². The number of nitrogens with zero attached hydrogens (tertiary/aromatic N) is 3. The Labute approximate surface area is 206 Å². The van der Waals surface area contributed by atoms with Crippen LogP contribution in [0.1, 0.15) is 61.6 Å². The quantitative estimate of drug-likeness (QED) is 0.429. The first-order chi connectivity index (χ1) is 16.5. The fourth-order valence-corrected chi connectivity index (χ4v) is 5.69. The van der Waals surface area contributed by atoms with Crippen LogP contribution in [0.3, 0.4) is 0 Å². The van der Waals surface area contributed by atoms with E-state index in [1.807, 2.05) is 0 Å². The summed E-state index contributed by atoms with van der Waals surface area (Å²) in [5.74, 6) is 2.40. The average molecular weight is 494 g/mol. The number of hydrogen-bond donors (Lipinski definition) is 3. The van der Waals surface area contributed by atoms with Crippen LogP contribution in [-0.4, -0.2) is 25.1 Å². The zero-order valence-electron chi connectivity index (χ0n) is 20.3. The number of amides is 2. The van der Waals surface area contributed by atoms with Crippen LogP contribution in [-0.2, 0) is 41.2 Å². The van der Waals surface area contributed by atoms with Gasteiger partial charge in [-0.05, 0) is 93.7 Å². The van der Waals surface area contributed by atoms with Crippen molar-refractivity contribution in [2.24, 2.45) is 9.50 Å². The highest BCUT2D eigenvalue weighted by Gasteiger charge is 2.28. The molecule has 0 radical (unpaired) electrons. The van der Waals surface area contributed by atoms with Gasteiger partial charge in [0, 0.05) is 11.8 Å². The van der Waals surface area contributed by atoms with Crippen molar-refractivity contribution in [2.75, 3.05) is 5.32 Å². The number of urea groups is 1. The molecule has 2 aromatic rings. The molecule has 8 nitrogen and oxygen atoms in total. The lowest BCUT2D eigenvalue weighted by Crippen LogP contribution is -2.21. The lowest BCUT2D eigenvalue weighted by Gasteiger charge is -2.19. The molecule has 0 fully saturated rings. The summed E-state index contributed by atoms with van der Waals surface area (Å²) < 4.78 is 18.6. The minimum Gasteiger partial charge on any atom is -0.384 e. The molecule has 1 aromatic heterocycles. The van der Waals surface area contributed by atoms with Crippen molar-refractivity contribution in [1.82, 2.24) is 9.78 Å². The summed E-state index contributed by atoms with van der Waals surface area (Å²) in [5.41, 5.74) is 5.15. The molecule has 0 aliphatic heterocycles. The maximum atomic E-state index is 13.4. The number of rotatable bonds is 5. The third-order valence-corrected chi connectivity index (χ3v) is 7.66. The van der Waals surface area contributed by atoms with E-state index in [0.29, 0.717) is 11.4 Å². The third-order valence-electron chi connectivity index (χ3n) is 6.43. The number of carbonyl (C=O) groups excluding carboxylic acids is 1. The van der Waals surface area contributed by atoms with Crippen molar-refractivity contribution in [2.45, 2.75) is 69.9 Å². The summed E-state index contributed by atoms with van der Waals surface area (Å²) in [7, 11) is -3.70. The smallest absolute Gasteiger partial charge is 0.354 e.